The van der Waals surface area contributed by atoms with Crippen molar-refractivity contribution in [3.8, 4) is 5.75 Å². The molecular weight excluding hydrogens is 636 g/mol. The Morgan fingerprint density at radius 3 is 2.37 bits per heavy atom. The van der Waals surface area contributed by atoms with Gasteiger partial charge in [-0.25, -0.2) is 18.4 Å². The highest BCUT2D eigenvalue weighted by Crippen LogP contribution is 2.29. The van der Waals surface area contributed by atoms with Gasteiger partial charge in [0.05, 0.1) is 13.0 Å². The van der Waals surface area contributed by atoms with Gasteiger partial charge in [0.25, 0.3) is 0 Å². The molecule has 0 spiro atoms. The molecule has 3 aromatic carbocycles. The molecule has 3 aromatic rings. The van der Waals surface area contributed by atoms with E-state index < -0.39 is 35.7 Å². The number of dihydropyridines is 1. The van der Waals surface area contributed by atoms with Crippen LogP contribution in [0.4, 0.5) is 24.1 Å². The first-order valence-corrected chi connectivity index (χ1v) is 16.0. The van der Waals surface area contributed by atoms with Gasteiger partial charge in [-0.15, -0.1) is 0 Å². The van der Waals surface area contributed by atoms with Crippen molar-refractivity contribution >= 4 is 35.8 Å². The molecule has 1 aliphatic heterocycles. The van der Waals surface area contributed by atoms with Crippen molar-refractivity contribution in [1.82, 2.24) is 16.0 Å². The number of carbonyl (C=O) groups is 4. The van der Waals surface area contributed by atoms with Crippen LogP contribution >= 0.6 is 0 Å². The number of aliphatic imine (C=N–C) groups is 1. The molecular formula is C36H37F2N5O6. The summed E-state index contributed by atoms with van der Waals surface area (Å²) in [6.45, 7) is 0.888. The van der Waals surface area contributed by atoms with Crippen molar-refractivity contribution in [2.75, 3.05) is 18.4 Å². The summed E-state index contributed by atoms with van der Waals surface area (Å²) in [6, 6.07) is 17.0. The lowest BCUT2D eigenvalue weighted by Gasteiger charge is -2.30. The van der Waals surface area contributed by atoms with E-state index in [4.69, 9.17) is 9.47 Å². The number of hydrogen-bond donors (Lipinski definition) is 4. The van der Waals surface area contributed by atoms with E-state index in [9.17, 15) is 23.6 Å². The summed E-state index contributed by atoms with van der Waals surface area (Å²) in [4.78, 5) is 53.9. The lowest BCUT2D eigenvalue weighted by Crippen LogP contribution is -2.45. The zero-order chi connectivity index (χ0) is 34.6. The summed E-state index contributed by atoms with van der Waals surface area (Å²) in [7, 11) is 0. The number of allylic oxidation sites excluding steroid dienone is 1. The number of rotatable bonds is 11. The smallest absolute Gasteiger partial charge is 0.407 e. The number of nitrogens with zero attached hydrogens (tertiary/aromatic N) is 1. The third-order valence-corrected chi connectivity index (χ3v) is 8.21. The summed E-state index contributed by atoms with van der Waals surface area (Å²) in [5, 5.41) is 10.3. The van der Waals surface area contributed by atoms with Gasteiger partial charge in [-0.2, -0.15) is 0 Å². The van der Waals surface area contributed by atoms with Gasteiger partial charge < -0.3 is 25.4 Å². The topological polar surface area (TPSA) is 147 Å². The highest BCUT2D eigenvalue weighted by atomic mass is 19.1. The minimum Gasteiger partial charge on any atom is -0.456 e. The fourth-order valence-electron chi connectivity index (χ4n) is 5.55. The van der Waals surface area contributed by atoms with Crippen molar-refractivity contribution < 1.29 is 37.4 Å². The van der Waals surface area contributed by atoms with Crippen LogP contribution in [0.1, 0.15) is 36.8 Å². The highest BCUT2D eigenvalue weighted by Gasteiger charge is 2.30. The molecule has 1 heterocycles. The molecule has 49 heavy (non-hydrogen) atoms. The van der Waals surface area contributed by atoms with E-state index in [2.05, 4.69) is 26.3 Å². The van der Waals surface area contributed by atoms with Gasteiger partial charge in [-0.05, 0) is 73.1 Å². The Morgan fingerprint density at radius 1 is 0.878 bits per heavy atom. The maximum atomic E-state index is 15.0. The molecule has 0 bridgehead atoms. The summed E-state index contributed by atoms with van der Waals surface area (Å²) in [6.07, 6.45) is 5.30. The van der Waals surface area contributed by atoms with Crippen LogP contribution in [0.2, 0.25) is 0 Å². The molecule has 1 saturated carbocycles. The third kappa shape index (κ3) is 10.7. The number of alkyl carbamates (subject to hydrolysis) is 1. The molecule has 4 N–H and O–H groups in total. The maximum Gasteiger partial charge on any atom is 0.407 e. The molecule has 13 heteroatoms. The number of ether oxygens (including phenoxy) is 2. The first-order chi connectivity index (χ1) is 23.7. The van der Waals surface area contributed by atoms with Crippen LogP contribution in [0.3, 0.4) is 0 Å². The number of amides is 5. The molecule has 2 aliphatic rings. The SMILES string of the molecule is O=C(Cc1ccc(F)cc1)NC(=O)Nc1ccc(OC2=CC=NCC2NC(=O)[C@H]2CC[C@H](CNC(=O)OCc3ccccc3)CC2)c(F)c1. The number of urea groups is 1. The molecule has 1 unspecified atom stereocenters. The molecule has 1 atom stereocenters. The van der Waals surface area contributed by atoms with Crippen LogP contribution in [0.25, 0.3) is 0 Å². The fraction of sp³-hybridized carbons (Fsp3) is 0.306. The van der Waals surface area contributed by atoms with Crippen molar-refractivity contribution in [2.45, 2.75) is 44.8 Å². The second-order valence-electron chi connectivity index (χ2n) is 11.9. The molecule has 0 aromatic heterocycles. The van der Waals surface area contributed by atoms with E-state index in [0.717, 1.165) is 24.5 Å². The summed E-state index contributed by atoms with van der Waals surface area (Å²) < 4.78 is 39.2. The van der Waals surface area contributed by atoms with Crippen LogP contribution in [-0.2, 0) is 27.4 Å². The first kappa shape index (κ1) is 34.7. The molecule has 5 rings (SSSR count). The zero-order valence-electron chi connectivity index (χ0n) is 26.6. The van der Waals surface area contributed by atoms with Gasteiger partial charge in [0, 0.05) is 30.4 Å². The standard InChI is InChI=1S/C36H37F2N5O6/c37-27-12-8-23(9-13-27)18-33(44)43-35(46)41-28-14-15-31(29(38)19-28)49-32-16-17-39-21-30(32)42-34(45)26-10-6-24(7-11-26)20-40-36(47)48-22-25-4-2-1-3-5-25/h1-5,8-9,12-17,19,24,26,30H,6-7,10-11,18,20-22H2,(H,40,47)(H,42,45)(H2,41,43,44,46)/t24-,26-,30?. The minimum absolute atomic E-state index is 0.0795. The Bertz CT molecular complexity index is 1690. The lowest BCUT2D eigenvalue weighted by molar-refractivity contribution is -0.126. The normalized spacial score (nSPS) is 18.4. The van der Waals surface area contributed by atoms with Gasteiger partial charge >= 0.3 is 12.1 Å². The van der Waals surface area contributed by atoms with Gasteiger partial charge in [0.15, 0.2) is 11.6 Å². The predicted molar refractivity (Wildman–Crippen MR) is 178 cm³/mol. The summed E-state index contributed by atoms with van der Waals surface area (Å²) in [5.74, 6) is -1.79. The Morgan fingerprint density at radius 2 is 1.63 bits per heavy atom. The number of imide groups is 1. The molecule has 1 fully saturated rings. The first-order valence-electron chi connectivity index (χ1n) is 16.0. The highest BCUT2D eigenvalue weighted by molar-refractivity contribution is 6.01. The summed E-state index contributed by atoms with van der Waals surface area (Å²) in [5.41, 5.74) is 1.51. The molecule has 11 nitrogen and oxygen atoms in total. The van der Waals surface area contributed by atoms with E-state index in [1.54, 1.807) is 6.08 Å². The van der Waals surface area contributed by atoms with Crippen molar-refractivity contribution in [2.24, 2.45) is 16.8 Å². The van der Waals surface area contributed by atoms with Crippen molar-refractivity contribution in [1.29, 1.82) is 0 Å². The fourth-order valence-corrected chi connectivity index (χ4v) is 5.55. The van der Waals surface area contributed by atoms with Crippen LogP contribution in [0.5, 0.6) is 5.75 Å². The second kappa shape index (κ2) is 17.0. The lowest BCUT2D eigenvalue weighted by atomic mass is 9.81. The van der Waals surface area contributed by atoms with Crippen molar-refractivity contribution in [3.63, 3.8) is 0 Å². The Balaban J connectivity index is 1.04. The molecule has 1 aliphatic carbocycles. The largest absolute Gasteiger partial charge is 0.456 e. The van der Waals surface area contributed by atoms with Gasteiger partial charge in [0.1, 0.15) is 24.2 Å². The number of halogens is 2. The second-order valence-corrected chi connectivity index (χ2v) is 11.9. The van der Waals surface area contributed by atoms with E-state index in [-0.39, 0.29) is 48.8 Å². The number of carbonyl (C=O) groups excluding carboxylic acids is 4. The predicted octanol–water partition coefficient (Wildman–Crippen LogP) is 5.42. The van der Waals surface area contributed by atoms with E-state index >= 15 is 4.39 Å². The Kier molecular flexibility index (Phi) is 12.0. The molecule has 256 valence electrons. The number of nitrogens with one attached hydrogen (secondary N) is 4. The Labute approximate surface area is 282 Å². The zero-order valence-corrected chi connectivity index (χ0v) is 26.6. The molecule has 0 saturated heterocycles. The average Bonchev–Trinajstić information content (AvgIpc) is 3.10. The van der Waals surface area contributed by atoms with Crippen molar-refractivity contribution in [3.05, 3.63) is 107 Å². The van der Waals surface area contributed by atoms with Gasteiger partial charge in [0.2, 0.25) is 11.8 Å². The molecule has 0 radical (unpaired) electrons. The van der Waals surface area contributed by atoms with E-state index in [0.29, 0.717) is 30.7 Å². The van der Waals surface area contributed by atoms with E-state index in [1.807, 2.05) is 30.3 Å². The van der Waals surface area contributed by atoms with Gasteiger partial charge in [-0.1, -0.05) is 42.5 Å². The number of benzene rings is 3. The van der Waals surface area contributed by atoms with Crippen LogP contribution in [0, 0.1) is 23.5 Å². The quantitative estimate of drug-likeness (QED) is 0.214. The van der Waals surface area contributed by atoms with Crippen LogP contribution < -0.4 is 26.0 Å². The average molecular weight is 674 g/mol. The molecule has 5 amide bonds. The number of hydrogen-bond acceptors (Lipinski definition) is 7. The maximum absolute atomic E-state index is 15.0. The van der Waals surface area contributed by atoms with Crippen LogP contribution in [0.15, 0.2) is 89.6 Å². The monoisotopic (exact) mass is 673 g/mol. The summed E-state index contributed by atoms with van der Waals surface area (Å²) >= 11 is 0. The minimum atomic E-state index is -0.860. The third-order valence-electron chi connectivity index (χ3n) is 8.21. The van der Waals surface area contributed by atoms with Gasteiger partial charge in [-0.3, -0.25) is 19.9 Å². The number of anilines is 1. The Hall–Kier alpha value is -5.59. The van der Waals surface area contributed by atoms with Crippen LogP contribution in [-0.4, -0.2) is 49.3 Å². The van der Waals surface area contributed by atoms with E-state index in [1.165, 1.54) is 42.6 Å².